The van der Waals surface area contributed by atoms with Crippen molar-refractivity contribution in [3.63, 3.8) is 0 Å². The van der Waals surface area contributed by atoms with Gasteiger partial charge in [0.15, 0.2) is 5.13 Å². The number of carbonyl (C=O) groups is 2. The van der Waals surface area contributed by atoms with Crippen LogP contribution in [0.2, 0.25) is 0 Å². The predicted octanol–water partition coefficient (Wildman–Crippen LogP) is 3.39. The SMILES string of the molecule is CC(C)CC(C)(CN)NC(=O)Cc1csc(NC(=O)C(C)(C)C)n1.Cl.Cl. The number of rotatable bonds is 7. The number of amides is 2. The number of nitrogens with two attached hydrogens (primary N) is 1. The minimum absolute atomic E-state index is 0. The van der Waals surface area contributed by atoms with Crippen LogP contribution >= 0.6 is 36.2 Å². The van der Waals surface area contributed by atoms with Crippen LogP contribution in [0.3, 0.4) is 0 Å². The van der Waals surface area contributed by atoms with E-state index in [9.17, 15) is 9.59 Å². The molecule has 0 aliphatic carbocycles. The highest BCUT2D eigenvalue weighted by Gasteiger charge is 2.26. The highest BCUT2D eigenvalue weighted by Crippen LogP contribution is 2.21. The molecule has 1 unspecified atom stereocenters. The number of hydrogen-bond donors (Lipinski definition) is 3. The summed E-state index contributed by atoms with van der Waals surface area (Å²) < 4.78 is 0. The Morgan fingerprint density at radius 1 is 1.23 bits per heavy atom. The first-order chi connectivity index (χ1) is 10.9. The van der Waals surface area contributed by atoms with Crippen LogP contribution in [0.1, 0.15) is 53.7 Å². The van der Waals surface area contributed by atoms with E-state index >= 15 is 0 Å². The first-order valence-electron chi connectivity index (χ1n) is 8.22. The summed E-state index contributed by atoms with van der Waals surface area (Å²) in [5, 5.41) is 8.10. The standard InChI is InChI=1S/C17H30N4O2S.2ClH/c1-11(2)8-17(6,10-18)21-13(22)7-12-9-24-15(19-12)20-14(23)16(3,4)5;;/h9,11H,7-8,10,18H2,1-6H3,(H,21,22)(H,19,20,23);2*1H. The fraction of sp³-hybridized carbons (Fsp3) is 0.706. The number of carbonyl (C=O) groups excluding carboxylic acids is 2. The molecular formula is C17H32Cl2N4O2S. The Morgan fingerprint density at radius 3 is 2.27 bits per heavy atom. The molecular weight excluding hydrogens is 395 g/mol. The minimum Gasteiger partial charge on any atom is -0.349 e. The Morgan fingerprint density at radius 2 is 1.81 bits per heavy atom. The van der Waals surface area contributed by atoms with Gasteiger partial charge in [-0.2, -0.15) is 0 Å². The molecule has 1 atom stereocenters. The van der Waals surface area contributed by atoms with E-state index in [0.717, 1.165) is 6.42 Å². The second-order valence-corrected chi connectivity index (χ2v) is 8.79. The minimum atomic E-state index is -0.483. The lowest BCUT2D eigenvalue weighted by Crippen LogP contribution is -2.52. The van der Waals surface area contributed by atoms with Crippen LogP contribution in [-0.4, -0.2) is 28.9 Å². The Labute approximate surface area is 172 Å². The van der Waals surface area contributed by atoms with Gasteiger partial charge in [-0.05, 0) is 19.3 Å². The van der Waals surface area contributed by atoms with E-state index in [1.165, 1.54) is 11.3 Å². The van der Waals surface area contributed by atoms with Crippen molar-refractivity contribution in [2.24, 2.45) is 17.1 Å². The summed E-state index contributed by atoms with van der Waals surface area (Å²) >= 11 is 1.32. The lowest BCUT2D eigenvalue weighted by Gasteiger charge is -2.31. The van der Waals surface area contributed by atoms with E-state index in [4.69, 9.17) is 5.73 Å². The Kier molecular flexibility index (Phi) is 11.6. The van der Waals surface area contributed by atoms with Gasteiger partial charge >= 0.3 is 0 Å². The van der Waals surface area contributed by atoms with Gasteiger partial charge in [0.25, 0.3) is 0 Å². The number of halogens is 2. The van der Waals surface area contributed by atoms with E-state index in [-0.39, 0.29) is 43.0 Å². The maximum atomic E-state index is 12.3. The van der Waals surface area contributed by atoms with E-state index in [1.807, 2.05) is 27.7 Å². The molecule has 0 fully saturated rings. The first-order valence-corrected chi connectivity index (χ1v) is 9.10. The van der Waals surface area contributed by atoms with Gasteiger partial charge in [-0.1, -0.05) is 34.6 Å². The molecule has 1 heterocycles. The quantitative estimate of drug-likeness (QED) is 0.621. The average Bonchev–Trinajstić information content (AvgIpc) is 2.83. The van der Waals surface area contributed by atoms with Crippen LogP contribution in [0.15, 0.2) is 5.38 Å². The zero-order valence-corrected chi connectivity index (χ0v) is 18.8. The number of thiazole rings is 1. The van der Waals surface area contributed by atoms with Crippen LogP contribution in [0.5, 0.6) is 0 Å². The van der Waals surface area contributed by atoms with Crippen LogP contribution in [-0.2, 0) is 16.0 Å². The van der Waals surface area contributed by atoms with Crippen molar-refractivity contribution in [1.82, 2.24) is 10.3 Å². The van der Waals surface area contributed by atoms with Crippen molar-refractivity contribution >= 4 is 53.1 Å². The zero-order valence-electron chi connectivity index (χ0n) is 16.3. The molecule has 0 radical (unpaired) electrons. The fourth-order valence-electron chi connectivity index (χ4n) is 2.36. The second-order valence-electron chi connectivity index (χ2n) is 7.94. The Balaban J connectivity index is 0. The van der Waals surface area contributed by atoms with Crippen LogP contribution in [0.25, 0.3) is 0 Å². The summed E-state index contributed by atoms with van der Waals surface area (Å²) in [6, 6.07) is 0. The molecule has 4 N–H and O–H groups in total. The van der Waals surface area contributed by atoms with Gasteiger partial charge in [0.1, 0.15) is 0 Å². The van der Waals surface area contributed by atoms with Crippen molar-refractivity contribution in [1.29, 1.82) is 0 Å². The molecule has 0 aliphatic rings. The maximum absolute atomic E-state index is 12.3. The van der Waals surface area contributed by atoms with Crippen molar-refractivity contribution < 1.29 is 9.59 Å². The summed E-state index contributed by atoms with van der Waals surface area (Å²) in [5.41, 5.74) is 5.57. The average molecular weight is 427 g/mol. The second kappa shape index (κ2) is 11.1. The van der Waals surface area contributed by atoms with Gasteiger partial charge in [-0.25, -0.2) is 4.98 Å². The first kappa shape index (κ1) is 27.3. The summed E-state index contributed by atoms with van der Waals surface area (Å²) in [6.07, 6.45) is 0.995. The zero-order chi connectivity index (χ0) is 18.5. The number of nitrogens with one attached hydrogen (secondary N) is 2. The van der Waals surface area contributed by atoms with Crippen molar-refractivity contribution in [2.45, 2.75) is 59.9 Å². The van der Waals surface area contributed by atoms with Crippen LogP contribution in [0, 0.1) is 11.3 Å². The van der Waals surface area contributed by atoms with Gasteiger partial charge in [-0.3, -0.25) is 9.59 Å². The van der Waals surface area contributed by atoms with Gasteiger partial charge in [-0.15, -0.1) is 36.2 Å². The molecule has 9 heteroatoms. The van der Waals surface area contributed by atoms with Crippen molar-refractivity contribution in [3.05, 3.63) is 11.1 Å². The van der Waals surface area contributed by atoms with Crippen molar-refractivity contribution in [3.8, 4) is 0 Å². The van der Waals surface area contributed by atoms with Gasteiger partial charge < -0.3 is 16.4 Å². The molecule has 152 valence electrons. The summed E-state index contributed by atoms with van der Waals surface area (Å²) in [7, 11) is 0. The van der Waals surface area contributed by atoms with Crippen LogP contribution in [0.4, 0.5) is 5.13 Å². The van der Waals surface area contributed by atoms with E-state index in [0.29, 0.717) is 23.3 Å². The molecule has 0 saturated heterocycles. The molecule has 6 nitrogen and oxygen atoms in total. The predicted molar refractivity (Wildman–Crippen MR) is 113 cm³/mol. The highest BCUT2D eigenvalue weighted by atomic mass is 35.5. The lowest BCUT2D eigenvalue weighted by molar-refractivity contribution is -0.123. The Hall–Kier alpha value is -0.890. The highest BCUT2D eigenvalue weighted by molar-refractivity contribution is 7.13. The Bertz CT molecular complexity index is 588. The molecule has 1 rings (SSSR count). The third kappa shape index (κ3) is 9.16. The molecule has 0 aliphatic heterocycles. The maximum Gasteiger partial charge on any atom is 0.231 e. The topological polar surface area (TPSA) is 97.1 Å². The third-order valence-corrected chi connectivity index (χ3v) is 4.35. The van der Waals surface area contributed by atoms with E-state index in [2.05, 4.69) is 29.5 Å². The summed E-state index contributed by atoms with van der Waals surface area (Å²) in [6.45, 7) is 12.1. The fourth-order valence-corrected chi connectivity index (χ4v) is 3.07. The normalized spacial score (nSPS) is 13.2. The molecule has 1 aromatic rings. The monoisotopic (exact) mass is 426 g/mol. The molecule has 0 saturated carbocycles. The van der Waals surface area contributed by atoms with Gasteiger partial charge in [0.05, 0.1) is 12.1 Å². The number of nitrogens with zero attached hydrogens (tertiary/aromatic N) is 1. The lowest BCUT2D eigenvalue weighted by atomic mass is 9.90. The van der Waals surface area contributed by atoms with E-state index in [1.54, 1.807) is 5.38 Å². The smallest absolute Gasteiger partial charge is 0.231 e. The summed E-state index contributed by atoms with van der Waals surface area (Å²) in [4.78, 5) is 28.5. The summed E-state index contributed by atoms with van der Waals surface area (Å²) in [5.74, 6) is 0.237. The molecule has 0 spiro atoms. The molecule has 0 bridgehead atoms. The number of hydrogen-bond acceptors (Lipinski definition) is 5. The largest absolute Gasteiger partial charge is 0.349 e. The number of aromatic nitrogens is 1. The van der Waals surface area contributed by atoms with Crippen molar-refractivity contribution in [2.75, 3.05) is 11.9 Å². The molecule has 0 aromatic carbocycles. The van der Waals surface area contributed by atoms with Gasteiger partial charge in [0, 0.05) is 22.9 Å². The molecule has 26 heavy (non-hydrogen) atoms. The number of anilines is 1. The van der Waals surface area contributed by atoms with Gasteiger partial charge in [0.2, 0.25) is 11.8 Å². The molecule has 1 aromatic heterocycles. The van der Waals surface area contributed by atoms with E-state index < -0.39 is 11.0 Å². The molecule has 2 amide bonds. The third-order valence-electron chi connectivity index (χ3n) is 3.55. The van der Waals surface area contributed by atoms with Crippen LogP contribution < -0.4 is 16.4 Å².